The summed E-state index contributed by atoms with van der Waals surface area (Å²) in [6, 6.07) is 7.09. The Morgan fingerprint density at radius 3 is 2.08 bits per heavy atom. The molecule has 0 aliphatic carbocycles. The van der Waals surface area contributed by atoms with Crippen molar-refractivity contribution in [2.24, 2.45) is 0 Å². The van der Waals surface area contributed by atoms with E-state index in [1.807, 2.05) is 20.8 Å². The Bertz CT molecular complexity index is 280. The summed E-state index contributed by atoms with van der Waals surface area (Å²) >= 11 is 0. The molecule has 0 atom stereocenters. The van der Waals surface area contributed by atoms with Gasteiger partial charge in [0.25, 0.3) is 0 Å². The van der Waals surface area contributed by atoms with Crippen molar-refractivity contribution in [1.29, 1.82) is 0 Å². The third-order valence-corrected chi connectivity index (χ3v) is 1.44. The van der Waals surface area contributed by atoms with Gasteiger partial charge in [-0.05, 0) is 45.0 Å². The Balaban J connectivity index is 2.75. The van der Waals surface area contributed by atoms with E-state index in [1.54, 1.807) is 24.3 Å². The zero-order valence-corrected chi connectivity index (χ0v) is 8.20. The lowest BCUT2D eigenvalue weighted by atomic mass is 10.2. The topological polar surface area (TPSA) is 26.3 Å². The molecule has 0 amide bonds. The Labute approximate surface area is 78.5 Å². The Hall–Kier alpha value is -1.31. The molecule has 13 heavy (non-hydrogen) atoms. The molecule has 0 aromatic heterocycles. The Morgan fingerprint density at radius 2 is 1.69 bits per heavy atom. The number of ether oxygens (including phenoxy) is 1. The van der Waals surface area contributed by atoms with Crippen molar-refractivity contribution in [3.05, 3.63) is 29.8 Å². The molecule has 0 radical (unpaired) electrons. The second-order valence-corrected chi connectivity index (χ2v) is 3.90. The lowest BCUT2D eigenvalue weighted by molar-refractivity contribution is 0.112. The van der Waals surface area contributed by atoms with Crippen molar-refractivity contribution in [3.8, 4) is 5.75 Å². The van der Waals surface area contributed by atoms with E-state index >= 15 is 0 Å². The van der Waals surface area contributed by atoms with Gasteiger partial charge in [0.15, 0.2) is 0 Å². The first-order chi connectivity index (χ1) is 6.01. The van der Waals surface area contributed by atoms with Crippen LogP contribution >= 0.6 is 0 Å². The van der Waals surface area contributed by atoms with Crippen LogP contribution in [0, 0.1) is 0 Å². The maximum atomic E-state index is 10.4. The Morgan fingerprint density at radius 1 is 1.15 bits per heavy atom. The van der Waals surface area contributed by atoms with Crippen LogP contribution < -0.4 is 4.74 Å². The predicted molar refractivity (Wildman–Crippen MR) is 52.2 cm³/mol. The van der Waals surface area contributed by atoms with E-state index in [9.17, 15) is 4.79 Å². The first-order valence-electron chi connectivity index (χ1n) is 4.25. The van der Waals surface area contributed by atoms with Gasteiger partial charge in [-0.1, -0.05) is 0 Å². The molecule has 1 rings (SSSR count). The largest absolute Gasteiger partial charge is 0.488 e. The summed E-state index contributed by atoms with van der Waals surface area (Å²) in [5.74, 6) is 0.790. The van der Waals surface area contributed by atoms with Gasteiger partial charge in [0, 0.05) is 5.56 Å². The molecule has 0 aliphatic rings. The van der Waals surface area contributed by atoms with Crippen LogP contribution in [0.1, 0.15) is 31.1 Å². The summed E-state index contributed by atoms with van der Waals surface area (Å²) in [5, 5.41) is 0. The molecule has 1 aromatic rings. The van der Waals surface area contributed by atoms with E-state index in [1.165, 1.54) is 0 Å². The number of carbonyl (C=O) groups excluding carboxylic acids is 1. The molecule has 0 bridgehead atoms. The summed E-state index contributed by atoms with van der Waals surface area (Å²) in [5.41, 5.74) is 0.476. The highest BCUT2D eigenvalue weighted by molar-refractivity contribution is 5.74. The molecule has 0 spiro atoms. The average molecular weight is 178 g/mol. The van der Waals surface area contributed by atoms with Gasteiger partial charge in [0.2, 0.25) is 0 Å². The third kappa shape index (κ3) is 3.28. The van der Waals surface area contributed by atoms with Crippen LogP contribution in [-0.4, -0.2) is 11.9 Å². The predicted octanol–water partition coefficient (Wildman–Crippen LogP) is 2.68. The lowest BCUT2D eigenvalue weighted by Crippen LogP contribution is -2.22. The third-order valence-electron chi connectivity index (χ3n) is 1.44. The fraction of sp³-hybridized carbons (Fsp3) is 0.364. The van der Waals surface area contributed by atoms with Gasteiger partial charge in [-0.2, -0.15) is 0 Å². The average Bonchev–Trinajstić information content (AvgIpc) is 2.03. The fourth-order valence-corrected chi connectivity index (χ4v) is 0.968. The molecule has 0 unspecified atom stereocenters. The molecule has 0 heterocycles. The van der Waals surface area contributed by atoms with Crippen molar-refractivity contribution >= 4 is 6.29 Å². The summed E-state index contributed by atoms with van der Waals surface area (Å²) in [6.07, 6.45) is 0.820. The second kappa shape index (κ2) is 3.60. The van der Waals surface area contributed by atoms with Crippen LogP contribution in [0.25, 0.3) is 0 Å². The van der Waals surface area contributed by atoms with Gasteiger partial charge < -0.3 is 4.74 Å². The molecule has 2 nitrogen and oxygen atoms in total. The van der Waals surface area contributed by atoms with Crippen LogP contribution in [0.2, 0.25) is 0 Å². The molecule has 2 heteroatoms. The van der Waals surface area contributed by atoms with Gasteiger partial charge in [0.1, 0.15) is 17.6 Å². The fourth-order valence-electron chi connectivity index (χ4n) is 0.968. The summed E-state index contributed by atoms with van der Waals surface area (Å²) in [6.45, 7) is 5.96. The first kappa shape index (κ1) is 9.78. The van der Waals surface area contributed by atoms with Crippen molar-refractivity contribution in [2.75, 3.05) is 0 Å². The van der Waals surface area contributed by atoms with Gasteiger partial charge in [-0.3, -0.25) is 4.79 Å². The van der Waals surface area contributed by atoms with E-state index in [2.05, 4.69) is 0 Å². The van der Waals surface area contributed by atoms with Crippen LogP contribution in [-0.2, 0) is 0 Å². The molecular weight excluding hydrogens is 164 g/mol. The number of hydrogen-bond donors (Lipinski definition) is 0. The minimum absolute atomic E-state index is 0.192. The van der Waals surface area contributed by atoms with E-state index in [4.69, 9.17) is 4.74 Å². The SMILES string of the molecule is CC(C)(C)Oc1ccc(C=O)cc1. The van der Waals surface area contributed by atoms with Crippen molar-refractivity contribution in [3.63, 3.8) is 0 Å². The number of rotatable bonds is 2. The van der Waals surface area contributed by atoms with Crippen LogP contribution in [0.15, 0.2) is 24.3 Å². The number of aldehydes is 1. The lowest BCUT2D eigenvalue weighted by Gasteiger charge is -2.21. The van der Waals surface area contributed by atoms with Gasteiger partial charge in [-0.25, -0.2) is 0 Å². The summed E-state index contributed by atoms with van der Waals surface area (Å²) < 4.78 is 5.59. The molecule has 0 saturated heterocycles. The highest BCUT2D eigenvalue weighted by Gasteiger charge is 2.10. The smallest absolute Gasteiger partial charge is 0.150 e. The first-order valence-corrected chi connectivity index (χ1v) is 4.25. The molecule has 0 aliphatic heterocycles. The molecular formula is C11H14O2. The molecule has 0 saturated carbocycles. The van der Waals surface area contributed by atoms with Gasteiger partial charge in [-0.15, -0.1) is 0 Å². The van der Waals surface area contributed by atoms with Crippen molar-refractivity contribution in [2.45, 2.75) is 26.4 Å². The molecule has 1 aromatic carbocycles. The van der Waals surface area contributed by atoms with E-state index in [0.717, 1.165) is 12.0 Å². The van der Waals surface area contributed by atoms with Crippen molar-refractivity contribution < 1.29 is 9.53 Å². The van der Waals surface area contributed by atoms with Crippen LogP contribution in [0.4, 0.5) is 0 Å². The molecule has 70 valence electrons. The quantitative estimate of drug-likeness (QED) is 0.651. The van der Waals surface area contributed by atoms with Crippen LogP contribution in [0.5, 0.6) is 5.75 Å². The standard InChI is InChI=1S/C11H14O2/c1-11(2,3)13-10-6-4-9(8-12)5-7-10/h4-8H,1-3H3. The highest BCUT2D eigenvalue weighted by Crippen LogP contribution is 2.17. The van der Waals surface area contributed by atoms with Gasteiger partial charge in [0.05, 0.1) is 0 Å². The van der Waals surface area contributed by atoms with Crippen LogP contribution in [0.3, 0.4) is 0 Å². The maximum absolute atomic E-state index is 10.4. The zero-order valence-electron chi connectivity index (χ0n) is 8.20. The maximum Gasteiger partial charge on any atom is 0.150 e. The summed E-state index contributed by atoms with van der Waals surface area (Å²) in [4.78, 5) is 10.4. The molecule has 0 fully saturated rings. The molecule has 0 N–H and O–H groups in total. The Kier molecular flexibility index (Phi) is 2.71. The monoisotopic (exact) mass is 178 g/mol. The zero-order chi connectivity index (χ0) is 9.90. The number of hydrogen-bond acceptors (Lipinski definition) is 2. The van der Waals surface area contributed by atoms with Crippen molar-refractivity contribution in [1.82, 2.24) is 0 Å². The highest BCUT2D eigenvalue weighted by atomic mass is 16.5. The normalized spacial score (nSPS) is 11.0. The van der Waals surface area contributed by atoms with E-state index < -0.39 is 0 Å². The second-order valence-electron chi connectivity index (χ2n) is 3.90. The summed E-state index contributed by atoms with van der Waals surface area (Å²) in [7, 11) is 0. The van der Waals surface area contributed by atoms with E-state index in [0.29, 0.717) is 5.56 Å². The van der Waals surface area contributed by atoms with E-state index in [-0.39, 0.29) is 5.60 Å². The minimum atomic E-state index is -0.192. The number of benzene rings is 1. The minimum Gasteiger partial charge on any atom is -0.488 e. The van der Waals surface area contributed by atoms with Gasteiger partial charge >= 0.3 is 0 Å². The number of carbonyl (C=O) groups is 1.